The number of halogens is 1. The maximum absolute atomic E-state index is 12.8. The van der Waals surface area contributed by atoms with Gasteiger partial charge in [0.15, 0.2) is 0 Å². The average Bonchev–Trinajstić information content (AvgIpc) is 2.68. The molecule has 2 rings (SSSR count). The Morgan fingerprint density at radius 3 is 2.54 bits per heavy atom. The van der Waals surface area contributed by atoms with Crippen LogP contribution in [-0.4, -0.2) is 17.3 Å². The SMILES string of the molecule is CCCCC1CCC(C(=O)Nc2ccc(CC(Br)C(C)C)cc2OCC)CC1. The summed E-state index contributed by atoms with van der Waals surface area (Å²) in [4.78, 5) is 13.3. The van der Waals surface area contributed by atoms with Gasteiger partial charge in [-0.05, 0) is 68.6 Å². The fourth-order valence-corrected chi connectivity index (χ4v) is 4.35. The van der Waals surface area contributed by atoms with Crippen molar-refractivity contribution in [3.63, 3.8) is 0 Å². The van der Waals surface area contributed by atoms with Gasteiger partial charge < -0.3 is 10.1 Å². The lowest BCUT2D eigenvalue weighted by molar-refractivity contribution is -0.121. The molecule has 0 radical (unpaired) electrons. The predicted octanol–water partition coefficient (Wildman–Crippen LogP) is 6.98. The number of carbonyl (C=O) groups is 1. The number of anilines is 1. The van der Waals surface area contributed by atoms with Crippen LogP contribution in [0, 0.1) is 17.8 Å². The molecule has 1 atom stereocenters. The number of alkyl halides is 1. The van der Waals surface area contributed by atoms with Crippen molar-refractivity contribution >= 4 is 27.5 Å². The largest absolute Gasteiger partial charge is 0.492 e. The minimum atomic E-state index is 0.139. The van der Waals surface area contributed by atoms with E-state index in [1.165, 1.54) is 37.7 Å². The second-order valence-corrected chi connectivity index (χ2v) is 9.75. The summed E-state index contributed by atoms with van der Waals surface area (Å²) in [5.74, 6) is 2.47. The molecule has 1 aliphatic rings. The molecule has 1 unspecified atom stereocenters. The number of unbranched alkanes of at least 4 members (excludes halogenated alkanes) is 1. The molecule has 1 aliphatic carbocycles. The fraction of sp³-hybridized carbons (Fsp3) is 0.708. The molecule has 1 saturated carbocycles. The normalized spacial score (nSPS) is 20.8. The van der Waals surface area contributed by atoms with Gasteiger partial charge in [0, 0.05) is 10.7 Å². The number of hydrogen-bond donors (Lipinski definition) is 1. The van der Waals surface area contributed by atoms with Gasteiger partial charge in [-0.1, -0.05) is 62.0 Å². The van der Waals surface area contributed by atoms with Crippen molar-refractivity contribution in [2.24, 2.45) is 17.8 Å². The number of ether oxygens (including phenoxy) is 1. The Bertz CT molecular complexity index is 609. The number of rotatable bonds is 10. The van der Waals surface area contributed by atoms with Crippen LogP contribution in [0.25, 0.3) is 0 Å². The Balaban J connectivity index is 1.97. The number of nitrogens with one attached hydrogen (secondary N) is 1. The maximum atomic E-state index is 12.8. The molecule has 1 aromatic rings. The van der Waals surface area contributed by atoms with Crippen LogP contribution in [0.1, 0.15) is 78.2 Å². The summed E-state index contributed by atoms with van der Waals surface area (Å²) in [7, 11) is 0. The summed E-state index contributed by atoms with van der Waals surface area (Å²) in [6.07, 6.45) is 9.28. The summed E-state index contributed by atoms with van der Waals surface area (Å²) in [5.41, 5.74) is 2.04. The van der Waals surface area contributed by atoms with Gasteiger partial charge in [-0.2, -0.15) is 0 Å². The van der Waals surface area contributed by atoms with E-state index in [1.54, 1.807) is 0 Å². The Morgan fingerprint density at radius 1 is 1.21 bits per heavy atom. The molecule has 1 amide bonds. The molecule has 0 saturated heterocycles. The number of amides is 1. The number of hydrogen-bond acceptors (Lipinski definition) is 2. The summed E-state index contributed by atoms with van der Waals surface area (Å²) >= 11 is 3.76. The standard InChI is InChI=1S/C24H38BrNO2/c1-5-7-8-18-9-12-20(13-10-18)24(27)26-22-14-11-19(15-21(25)17(3)4)16-23(22)28-6-2/h11,14,16-18,20-21H,5-10,12-13,15H2,1-4H3,(H,26,27). The molecule has 0 aromatic heterocycles. The lowest BCUT2D eigenvalue weighted by Crippen LogP contribution is -2.27. The van der Waals surface area contributed by atoms with Crippen LogP contribution >= 0.6 is 15.9 Å². The van der Waals surface area contributed by atoms with E-state index in [-0.39, 0.29) is 11.8 Å². The molecule has 1 aromatic carbocycles. The summed E-state index contributed by atoms with van der Waals surface area (Å²) in [6.45, 7) is 9.26. The molecule has 1 fully saturated rings. The zero-order chi connectivity index (χ0) is 20.5. The highest BCUT2D eigenvalue weighted by atomic mass is 79.9. The molecule has 0 aliphatic heterocycles. The first-order valence-electron chi connectivity index (χ1n) is 11.1. The van der Waals surface area contributed by atoms with E-state index < -0.39 is 0 Å². The minimum absolute atomic E-state index is 0.139. The Hall–Kier alpha value is -1.03. The van der Waals surface area contributed by atoms with E-state index in [2.05, 4.69) is 54.2 Å². The van der Waals surface area contributed by atoms with Crippen molar-refractivity contribution in [2.75, 3.05) is 11.9 Å². The maximum Gasteiger partial charge on any atom is 0.227 e. The van der Waals surface area contributed by atoms with Crippen molar-refractivity contribution in [1.29, 1.82) is 0 Å². The first-order chi connectivity index (χ1) is 13.4. The number of benzene rings is 1. The van der Waals surface area contributed by atoms with E-state index >= 15 is 0 Å². The highest BCUT2D eigenvalue weighted by Gasteiger charge is 2.26. The number of carbonyl (C=O) groups excluding carboxylic acids is 1. The third kappa shape index (κ3) is 7.09. The molecule has 28 heavy (non-hydrogen) atoms. The predicted molar refractivity (Wildman–Crippen MR) is 122 cm³/mol. The molecule has 4 heteroatoms. The van der Waals surface area contributed by atoms with Crippen LogP contribution in [0.2, 0.25) is 0 Å². The van der Waals surface area contributed by atoms with Gasteiger partial charge in [0.25, 0.3) is 0 Å². The summed E-state index contributed by atoms with van der Waals surface area (Å²) < 4.78 is 5.84. The second-order valence-electron chi connectivity index (χ2n) is 8.58. The first kappa shape index (κ1) is 23.3. The molecule has 158 valence electrons. The molecule has 0 heterocycles. The monoisotopic (exact) mass is 451 g/mol. The van der Waals surface area contributed by atoms with Crippen LogP contribution in [-0.2, 0) is 11.2 Å². The quantitative estimate of drug-likeness (QED) is 0.389. The minimum Gasteiger partial charge on any atom is -0.492 e. The van der Waals surface area contributed by atoms with Gasteiger partial charge in [-0.25, -0.2) is 0 Å². The lowest BCUT2D eigenvalue weighted by Gasteiger charge is -2.28. The van der Waals surface area contributed by atoms with Gasteiger partial charge in [-0.15, -0.1) is 0 Å². The Labute approximate surface area is 180 Å². The van der Waals surface area contributed by atoms with Gasteiger partial charge >= 0.3 is 0 Å². The van der Waals surface area contributed by atoms with Crippen LogP contribution in [0.4, 0.5) is 5.69 Å². The van der Waals surface area contributed by atoms with Crippen LogP contribution < -0.4 is 10.1 Å². The second kappa shape index (κ2) is 11.8. The van der Waals surface area contributed by atoms with Gasteiger partial charge in [0.05, 0.1) is 12.3 Å². The third-order valence-electron chi connectivity index (χ3n) is 5.94. The molecular weight excluding hydrogens is 414 g/mol. The van der Waals surface area contributed by atoms with Crippen LogP contribution in [0.15, 0.2) is 18.2 Å². The van der Waals surface area contributed by atoms with E-state index in [1.807, 2.05) is 13.0 Å². The Morgan fingerprint density at radius 2 is 1.93 bits per heavy atom. The third-order valence-corrected chi connectivity index (χ3v) is 7.32. The van der Waals surface area contributed by atoms with Crippen molar-refractivity contribution in [3.8, 4) is 5.75 Å². The molecule has 0 spiro atoms. The fourth-order valence-electron chi connectivity index (χ4n) is 3.97. The average molecular weight is 452 g/mol. The van der Waals surface area contributed by atoms with Gasteiger partial charge in [-0.3, -0.25) is 4.79 Å². The Kier molecular flexibility index (Phi) is 9.84. The highest BCUT2D eigenvalue weighted by Crippen LogP contribution is 2.34. The zero-order valence-corrected chi connectivity index (χ0v) is 19.7. The lowest BCUT2D eigenvalue weighted by atomic mass is 9.79. The van der Waals surface area contributed by atoms with E-state index in [4.69, 9.17) is 4.74 Å². The van der Waals surface area contributed by atoms with Gasteiger partial charge in [0.1, 0.15) is 5.75 Å². The van der Waals surface area contributed by atoms with E-state index in [9.17, 15) is 4.79 Å². The molecule has 1 N–H and O–H groups in total. The summed E-state index contributed by atoms with van der Waals surface area (Å²) in [6, 6.07) is 6.19. The van der Waals surface area contributed by atoms with Crippen molar-refractivity contribution in [1.82, 2.24) is 0 Å². The van der Waals surface area contributed by atoms with Crippen molar-refractivity contribution in [2.45, 2.75) is 83.9 Å². The van der Waals surface area contributed by atoms with Crippen LogP contribution in [0.3, 0.4) is 0 Å². The van der Waals surface area contributed by atoms with Gasteiger partial charge in [0.2, 0.25) is 5.91 Å². The molecular formula is C24H38BrNO2. The first-order valence-corrected chi connectivity index (χ1v) is 12.1. The molecule has 3 nitrogen and oxygen atoms in total. The smallest absolute Gasteiger partial charge is 0.227 e. The van der Waals surface area contributed by atoms with Crippen molar-refractivity contribution in [3.05, 3.63) is 23.8 Å². The molecule has 0 bridgehead atoms. The van der Waals surface area contributed by atoms with Crippen LogP contribution in [0.5, 0.6) is 5.75 Å². The topological polar surface area (TPSA) is 38.3 Å². The van der Waals surface area contributed by atoms with E-state index in [0.29, 0.717) is 17.4 Å². The van der Waals surface area contributed by atoms with Crippen molar-refractivity contribution < 1.29 is 9.53 Å². The zero-order valence-electron chi connectivity index (χ0n) is 18.1. The summed E-state index contributed by atoms with van der Waals surface area (Å²) in [5, 5.41) is 3.15. The van der Waals surface area contributed by atoms with E-state index in [0.717, 1.165) is 36.6 Å². The highest BCUT2D eigenvalue weighted by molar-refractivity contribution is 9.09.